The molecule has 0 spiro atoms. The molecule has 2 aromatic carbocycles. The molecule has 3 rings (SSSR count). The molecule has 0 saturated carbocycles. The van der Waals surface area contributed by atoms with Crippen molar-refractivity contribution in [3.05, 3.63) is 65.0 Å². The molecular weight excluding hydrogens is 269 g/mol. The average Bonchev–Trinajstić information content (AvgIpc) is 2.53. The second-order valence-electron chi connectivity index (χ2n) is 5.22. The van der Waals surface area contributed by atoms with E-state index in [-0.39, 0.29) is 11.8 Å². The number of aliphatic hydroxyl groups excluding tert-OH is 1. The number of hydrogen-bond donors (Lipinski definition) is 2. The molecule has 0 aromatic heterocycles. The molecule has 0 aliphatic carbocycles. The lowest BCUT2D eigenvalue weighted by atomic mass is 9.88. The molecule has 2 atom stereocenters. The van der Waals surface area contributed by atoms with Crippen molar-refractivity contribution in [2.75, 3.05) is 13.7 Å². The maximum atomic E-state index is 13.8. The summed E-state index contributed by atoms with van der Waals surface area (Å²) in [6, 6.07) is 12.4. The number of benzene rings is 2. The highest BCUT2D eigenvalue weighted by Crippen LogP contribution is 2.34. The number of halogens is 1. The topological polar surface area (TPSA) is 41.5 Å². The Balaban J connectivity index is 1.92. The molecule has 0 bridgehead atoms. The van der Waals surface area contributed by atoms with Crippen molar-refractivity contribution in [1.82, 2.24) is 5.32 Å². The highest BCUT2D eigenvalue weighted by molar-refractivity contribution is 5.37. The van der Waals surface area contributed by atoms with Gasteiger partial charge in [-0.1, -0.05) is 30.3 Å². The van der Waals surface area contributed by atoms with Gasteiger partial charge in [0, 0.05) is 0 Å². The number of nitrogens with one attached hydrogen (secondary N) is 1. The van der Waals surface area contributed by atoms with Crippen LogP contribution in [0.2, 0.25) is 0 Å². The quantitative estimate of drug-likeness (QED) is 0.912. The monoisotopic (exact) mass is 287 g/mol. The predicted octanol–water partition coefficient (Wildman–Crippen LogP) is 2.75. The number of ether oxygens (including phenoxy) is 1. The van der Waals surface area contributed by atoms with Crippen LogP contribution < -0.4 is 10.1 Å². The minimum absolute atomic E-state index is 0.183. The van der Waals surface area contributed by atoms with Crippen LogP contribution in [0.25, 0.3) is 0 Å². The van der Waals surface area contributed by atoms with Gasteiger partial charge in [-0.25, -0.2) is 4.39 Å². The maximum Gasteiger partial charge on any atom is 0.165 e. The Kier molecular flexibility index (Phi) is 3.90. The van der Waals surface area contributed by atoms with Crippen molar-refractivity contribution >= 4 is 0 Å². The van der Waals surface area contributed by atoms with Gasteiger partial charge in [0.2, 0.25) is 0 Å². The van der Waals surface area contributed by atoms with Gasteiger partial charge in [0.15, 0.2) is 11.6 Å². The Morgan fingerprint density at radius 3 is 2.86 bits per heavy atom. The van der Waals surface area contributed by atoms with Gasteiger partial charge in [0.05, 0.1) is 19.3 Å². The van der Waals surface area contributed by atoms with Gasteiger partial charge in [-0.05, 0) is 41.8 Å². The molecule has 0 saturated heterocycles. The van der Waals surface area contributed by atoms with E-state index in [0.29, 0.717) is 5.56 Å². The van der Waals surface area contributed by atoms with E-state index in [2.05, 4.69) is 11.4 Å². The summed E-state index contributed by atoms with van der Waals surface area (Å²) >= 11 is 0. The maximum absolute atomic E-state index is 13.8. The molecule has 1 aliphatic rings. The standard InChI is InChI=1S/C17H18FNO2/c1-21-15-7-6-12(10-14(15)18)17(20)16-13-5-3-2-4-11(13)8-9-19-16/h2-7,10,16-17,19-20H,8-9H2,1H3. The largest absolute Gasteiger partial charge is 0.494 e. The summed E-state index contributed by atoms with van der Waals surface area (Å²) < 4.78 is 18.7. The van der Waals surface area contributed by atoms with Gasteiger partial charge in [0.25, 0.3) is 0 Å². The molecule has 4 heteroatoms. The van der Waals surface area contributed by atoms with E-state index in [0.717, 1.165) is 18.5 Å². The molecule has 0 radical (unpaired) electrons. The molecule has 3 nitrogen and oxygen atoms in total. The van der Waals surface area contributed by atoms with Crippen LogP contribution in [0.5, 0.6) is 5.75 Å². The number of hydrogen-bond acceptors (Lipinski definition) is 3. The van der Waals surface area contributed by atoms with Crippen molar-refractivity contribution in [2.24, 2.45) is 0 Å². The highest BCUT2D eigenvalue weighted by atomic mass is 19.1. The van der Waals surface area contributed by atoms with E-state index in [9.17, 15) is 9.50 Å². The minimum atomic E-state index is -0.799. The third-order valence-corrected chi connectivity index (χ3v) is 3.98. The first-order valence-corrected chi connectivity index (χ1v) is 7.03. The minimum Gasteiger partial charge on any atom is -0.494 e. The summed E-state index contributed by atoms with van der Waals surface area (Å²) in [4.78, 5) is 0. The lowest BCUT2D eigenvalue weighted by Crippen LogP contribution is -2.33. The van der Waals surface area contributed by atoms with Crippen LogP contribution in [0.15, 0.2) is 42.5 Å². The molecule has 2 N–H and O–H groups in total. The van der Waals surface area contributed by atoms with Gasteiger partial charge in [-0.3, -0.25) is 0 Å². The first-order valence-electron chi connectivity index (χ1n) is 7.03. The van der Waals surface area contributed by atoms with Gasteiger partial charge < -0.3 is 15.2 Å². The second-order valence-corrected chi connectivity index (χ2v) is 5.22. The summed E-state index contributed by atoms with van der Waals surface area (Å²) in [6.45, 7) is 0.803. The predicted molar refractivity (Wildman–Crippen MR) is 78.8 cm³/mol. The fraction of sp³-hybridized carbons (Fsp3) is 0.294. The van der Waals surface area contributed by atoms with Gasteiger partial charge in [0.1, 0.15) is 0 Å². The van der Waals surface area contributed by atoms with E-state index in [4.69, 9.17) is 4.74 Å². The highest BCUT2D eigenvalue weighted by Gasteiger charge is 2.27. The molecule has 1 heterocycles. The number of methoxy groups -OCH3 is 1. The zero-order chi connectivity index (χ0) is 14.8. The van der Waals surface area contributed by atoms with Crippen molar-refractivity contribution in [3.8, 4) is 5.75 Å². The molecule has 2 unspecified atom stereocenters. The van der Waals surface area contributed by atoms with Crippen LogP contribution in [-0.4, -0.2) is 18.8 Å². The lowest BCUT2D eigenvalue weighted by Gasteiger charge is -2.31. The van der Waals surface area contributed by atoms with Crippen LogP contribution in [0.3, 0.4) is 0 Å². The van der Waals surface area contributed by atoms with E-state index >= 15 is 0 Å². The summed E-state index contributed by atoms with van der Waals surface area (Å²) in [5.74, 6) is -0.277. The Labute approximate surface area is 123 Å². The first kappa shape index (κ1) is 14.0. The Morgan fingerprint density at radius 2 is 2.10 bits per heavy atom. The zero-order valence-electron chi connectivity index (χ0n) is 11.8. The molecule has 110 valence electrons. The zero-order valence-corrected chi connectivity index (χ0v) is 11.8. The van der Waals surface area contributed by atoms with Crippen LogP contribution in [0.1, 0.15) is 28.8 Å². The van der Waals surface area contributed by atoms with Crippen LogP contribution in [-0.2, 0) is 6.42 Å². The molecule has 2 aromatic rings. The number of fused-ring (bicyclic) bond motifs is 1. The Bertz CT molecular complexity index is 644. The third-order valence-electron chi connectivity index (χ3n) is 3.98. The van der Waals surface area contributed by atoms with E-state index in [1.807, 2.05) is 18.2 Å². The van der Waals surface area contributed by atoms with Crippen molar-refractivity contribution < 1.29 is 14.2 Å². The van der Waals surface area contributed by atoms with Crippen molar-refractivity contribution in [3.63, 3.8) is 0 Å². The van der Waals surface area contributed by atoms with Crippen molar-refractivity contribution in [2.45, 2.75) is 18.6 Å². The third kappa shape index (κ3) is 2.64. The summed E-state index contributed by atoms with van der Waals surface area (Å²) in [6.07, 6.45) is 0.142. The summed E-state index contributed by atoms with van der Waals surface area (Å²) in [5.41, 5.74) is 2.85. The summed E-state index contributed by atoms with van der Waals surface area (Å²) in [5, 5.41) is 13.9. The number of rotatable bonds is 3. The second kappa shape index (κ2) is 5.84. The van der Waals surface area contributed by atoms with E-state index in [1.165, 1.54) is 18.7 Å². The fourth-order valence-corrected chi connectivity index (χ4v) is 2.88. The van der Waals surface area contributed by atoms with Crippen molar-refractivity contribution in [1.29, 1.82) is 0 Å². The molecule has 1 aliphatic heterocycles. The van der Waals surface area contributed by atoms with E-state index < -0.39 is 11.9 Å². The molecule has 21 heavy (non-hydrogen) atoms. The Hall–Kier alpha value is -1.91. The van der Waals surface area contributed by atoms with Gasteiger partial charge in [-0.2, -0.15) is 0 Å². The van der Waals surface area contributed by atoms with Crippen LogP contribution >= 0.6 is 0 Å². The van der Waals surface area contributed by atoms with Gasteiger partial charge in [-0.15, -0.1) is 0 Å². The van der Waals surface area contributed by atoms with Gasteiger partial charge >= 0.3 is 0 Å². The number of aliphatic hydroxyl groups is 1. The average molecular weight is 287 g/mol. The summed E-state index contributed by atoms with van der Waals surface area (Å²) in [7, 11) is 1.42. The SMILES string of the molecule is COc1ccc(C(O)C2NCCc3ccccc32)cc1F. The van der Waals surface area contributed by atoms with Crippen LogP contribution in [0.4, 0.5) is 4.39 Å². The Morgan fingerprint density at radius 1 is 1.29 bits per heavy atom. The molecule has 0 amide bonds. The first-order chi connectivity index (χ1) is 10.2. The lowest BCUT2D eigenvalue weighted by molar-refractivity contribution is 0.125. The van der Waals surface area contributed by atoms with Crippen LogP contribution in [0, 0.1) is 5.82 Å². The fourth-order valence-electron chi connectivity index (χ4n) is 2.88. The normalized spacial score (nSPS) is 18.9. The smallest absolute Gasteiger partial charge is 0.165 e. The van der Waals surface area contributed by atoms with E-state index in [1.54, 1.807) is 12.1 Å². The molecular formula is C17H18FNO2. The molecule has 0 fully saturated rings.